The molecule has 1 aromatic rings. The molecule has 6 heteroatoms. The molecule has 3 N–H and O–H groups in total. The molecular weight excluding hydrogens is 230 g/mol. The molecule has 17 heavy (non-hydrogen) atoms. The summed E-state index contributed by atoms with van der Waals surface area (Å²) >= 11 is 0. The number of rotatable bonds is 2. The smallest absolute Gasteiger partial charge is 0.404 e. The van der Waals surface area contributed by atoms with Crippen molar-refractivity contribution in [2.24, 2.45) is 0 Å². The number of hydrogen-bond acceptors (Lipinski definition) is 2. The Labute approximate surface area is 96.6 Å². The number of nitrogens with one attached hydrogen (secondary N) is 2. The number of carboxylic acid groups (broad SMARTS) is 1. The van der Waals surface area contributed by atoms with Crippen LogP contribution < -0.4 is 10.6 Å². The largest absolute Gasteiger partial charge is 0.465 e. The van der Waals surface area contributed by atoms with Gasteiger partial charge in [-0.05, 0) is 17.7 Å². The molecule has 0 spiro atoms. The molecule has 1 fully saturated rings. The van der Waals surface area contributed by atoms with Crippen molar-refractivity contribution in [3.8, 4) is 0 Å². The topological polar surface area (TPSA) is 61.4 Å². The highest BCUT2D eigenvalue weighted by atomic mass is 19.2. The minimum atomic E-state index is -1.12. The van der Waals surface area contributed by atoms with Gasteiger partial charge in [-0.1, -0.05) is 6.07 Å². The summed E-state index contributed by atoms with van der Waals surface area (Å²) in [6, 6.07) is 3.33. The summed E-state index contributed by atoms with van der Waals surface area (Å²) in [5.74, 6) is -1.99. The van der Waals surface area contributed by atoms with Gasteiger partial charge in [-0.2, -0.15) is 0 Å². The predicted octanol–water partition coefficient (Wildman–Crippen LogP) is 1.29. The number of benzene rings is 1. The second-order valence-electron chi connectivity index (χ2n) is 3.99. The zero-order valence-electron chi connectivity index (χ0n) is 8.91. The van der Waals surface area contributed by atoms with Crippen LogP contribution in [-0.2, 0) is 0 Å². The van der Waals surface area contributed by atoms with Gasteiger partial charge in [-0.15, -0.1) is 0 Å². The van der Waals surface area contributed by atoms with E-state index in [1.165, 1.54) is 6.07 Å². The van der Waals surface area contributed by atoms with Gasteiger partial charge in [-0.3, -0.25) is 0 Å². The van der Waals surface area contributed by atoms with Crippen LogP contribution in [-0.4, -0.2) is 30.3 Å². The second kappa shape index (κ2) is 4.67. The standard InChI is InChI=1S/C11H12F2N2O2/c12-8-2-1-6(3-9(8)13)7-4-14-5-10(7)15-11(16)17/h1-3,7,10,14-15H,4-5H2,(H,16,17)/t7-,10+/m0/s1. The lowest BCUT2D eigenvalue weighted by Gasteiger charge is -2.18. The van der Waals surface area contributed by atoms with Crippen molar-refractivity contribution in [2.75, 3.05) is 13.1 Å². The third-order valence-electron chi connectivity index (χ3n) is 2.89. The molecule has 1 aliphatic heterocycles. The monoisotopic (exact) mass is 242 g/mol. The SMILES string of the molecule is O=C(O)N[C@@H]1CNC[C@H]1c1ccc(F)c(F)c1. The number of halogens is 2. The molecule has 1 heterocycles. The first-order valence-corrected chi connectivity index (χ1v) is 5.23. The van der Waals surface area contributed by atoms with E-state index in [1.54, 1.807) is 0 Å². The van der Waals surface area contributed by atoms with Crippen LogP contribution in [0.15, 0.2) is 18.2 Å². The van der Waals surface area contributed by atoms with Gasteiger partial charge in [-0.25, -0.2) is 13.6 Å². The van der Waals surface area contributed by atoms with Crippen LogP contribution in [0.5, 0.6) is 0 Å². The molecule has 0 aliphatic carbocycles. The van der Waals surface area contributed by atoms with Gasteiger partial charge in [0.05, 0.1) is 6.04 Å². The summed E-state index contributed by atoms with van der Waals surface area (Å²) in [6.45, 7) is 1.02. The molecular formula is C11H12F2N2O2. The Morgan fingerprint density at radius 3 is 2.76 bits per heavy atom. The van der Waals surface area contributed by atoms with Crippen LogP contribution in [0.1, 0.15) is 11.5 Å². The van der Waals surface area contributed by atoms with Gasteiger partial charge in [0, 0.05) is 19.0 Å². The average Bonchev–Trinajstić information content (AvgIpc) is 2.69. The van der Waals surface area contributed by atoms with Gasteiger partial charge < -0.3 is 15.7 Å². The highest BCUT2D eigenvalue weighted by molar-refractivity contribution is 5.65. The van der Waals surface area contributed by atoms with Crippen molar-refractivity contribution in [1.29, 1.82) is 0 Å². The lowest BCUT2D eigenvalue weighted by Crippen LogP contribution is -2.38. The molecule has 1 saturated heterocycles. The van der Waals surface area contributed by atoms with E-state index in [4.69, 9.17) is 5.11 Å². The van der Waals surface area contributed by atoms with Crippen LogP contribution >= 0.6 is 0 Å². The van der Waals surface area contributed by atoms with E-state index in [-0.39, 0.29) is 12.0 Å². The van der Waals surface area contributed by atoms with Gasteiger partial charge >= 0.3 is 6.09 Å². The number of carbonyl (C=O) groups is 1. The molecule has 0 saturated carbocycles. The lowest BCUT2D eigenvalue weighted by molar-refractivity contribution is 0.189. The lowest BCUT2D eigenvalue weighted by atomic mass is 9.94. The fraction of sp³-hybridized carbons (Fsp3) is 0.364. The van der Waals surface area contributed by atoms with E-state index in [9.17, 15) is 13.6 Å². The highest BCUT2D eigenvalue weighted by Gasteiger charge is 2.30. The van der Waals surface area contributed by atoms with Crippen molar-refractivity contribution in [1.82, 2.24) is 10.6 Å². The first-order chi connectivity index (χ1) is 8.08. The predicted molar refractivity (Wildman–Crippen MR) is 56.9 cm³/mol. The third-order valence-corrected chi connectivity index (χ3v) is 2.89. The van der Waals surface area contributed by atoms with Crippen LogP contribution in [0.2, 0.25) is 0 Å². The van der Waals surface area contributed by atoms with Crippen LogP contribution in [0, 0.1) is 11.6 Å². The summed E-state index contributed by atoms with van der Waals surface area (Å²) in [6.07, 6.45) is -1.12. The quantitative estimate of drug-likeness (QED) is 0.732. The molecule has 0 aromatic heterocycles. The maximum Gasteiger partial charge on any atom is 0.404 e. The normalized spacial score (nSPS) is 23.6. The van der Waals surface area contributed by atoms with Crippen molar-refractivity contribution < 1.29 is 18.7 Å². The maximum absolute atomic E-state index is 13.1. The molecule has 1 aliphatic rings. The highest BCUT2D eigenvalue weighted by Crippen LogP contribution is 2.24. The molecule has 0 unspecified atom stereocenters. The zero-order valence-corrected chi connectivity index (χ0v) is 8.91. The van der Waals surface area contributed by atoms with Crippen LogP contribution in [0.25, 0.3) is 0 Å². The van der Waals surface area contributed by atoms with E-state index in [1.807, 2.05) is 0 Å². The molecule has 2 atom stereocenters. The Kier molecular flexibility index (Phi) is 3.23. The summed E-state index contributed by atoms with van der Waals surface area (Å²) in [5.41, 5.74) is 0.590. The van der Waals surface area contributed by atoms with Gasteiger partial charge in [0.1, 0.15) is 0 Å². The Bertz CT molecular complexity index is 439. The fourth-order valence-electron chi connectivity index (χ4n) is 2.08. The molecule has 92 valence electrons. The summed E-state index contributed by atoms with van der Waals surface area (Å²) in [7, 11) is 0. The number of amides is 1. The Morgan fingerprint density at radius 1 is 1.35 bits per heavy atom. The minimum Gasteiger partial charge on any atom is -0.465 e. The van der Waals surface area contributed by atoms with Crippen LogP contribution in [0.3, 0.4) is 0 Å². The zero-order chi connectivity index (χ0) is 12.4. The molecule has 1 aromatic carbocycles. The van der Waals surface area contributed by atoms with E-state index in [0.29, 0.717) is 18.7 Å². The van der Waals surface area contributed by atoms with Crippen molar-refractivity contribution in [3.63, 3.8) is 0 Å². The maximum atomic E-state index is 13.1. The van der Waals surface area contributed by atoms with Crippen LogP contribution in [0.4, 0.5) is 13.6 Å². The van der Waals surface area contributed by atoms with E-state index < -0.39 is 17.7 Å². The molecule has 2 rings (SSSR count). The molecule has 0 radical (unpaired) electrons. The first-order valence-electron chi connectivity index (χ1n) is 5.23. The summed E-state index contributed by atoms with van der Waals surface area (Å²) < 4.78 is 25.9. The number of hydrogen-bond donors (Lipinski definition) is 3. The average molecular weight is 242 g/mol. The van der Waals surface area contributed by atoms with Crippen molar-refractivity contribution in [2.45, 2.75) is 12.0 Å². The first kappa shape index (κ1) is 11.8. The van der Waals surface area contributed by atoms with E-state index >= 15 is 0 Å². The van der Waals surface area contributed by atoms with E-state index in [0.717, 1.165) is 12.1 Å². The van der Waals surface area contributed by atoms with Crippen molar-refractivity contribution >= 4 is 6.09 Å². The summed E-state index contributed by atoms with van der Waals surface area (Å²) in [4.78, 5) is 10.6. The Hall–Kier alpha value is -1.69. The second-order valence-corrected chi connectivity index (χ2v) is 3.99. The molecule has 1 amide bonds. The molecule has 4 nitrogen and oxygen atoms in total. The Balaban J connectivity index is 2.20. The molecule has 0 bridgehead atoms. The summed E-state index contributed by atoms with van der Waals surface area (Å²) in [5, 5.41) is 14.0. The third kappa shape index (κ3) is 2.52. The van der Waals surface area contributed by atoms with Gasteiger partial charge in [0.15, 0.2) is 11.6 Å². The Morgan fingerprint density at radius 2 is 2.12 bits per heavy atom. The van der Waals surface area contributed by atoms with Crippen molar-refractivity contribution in [3.05, 3.63) is 35.4 Å². The van der Waals surface area contributed by atoms with E-state index in [2.05, 4.69) is 10.6 Å². The fourth-order valence-corrected chi connectivity index (χ4v) is 2.08. The van der Waals surface area contributed by atoms with Gasteiger partial charge in [0.2, 0.25) is 0 Å². The minimum absolute atomic E-state index is 0.179. The van der Waals surface area contributed by atoms with Gasteiger partial charge in [0.25, 0.3) is 0 Å².